The van der Waals surface area contributed by atoms with E-state index >= 15 is 0 Å². The Morgan fingerprint density at radius 3 is 2.86 bits per heavy atom. The average Bonchev–Trinajstić information content (AvgIpc) is 2.85. The van der Waals surface area contributed by atoms with Crippen LogP contribution in [0.4, 0.5) is 4.39 Å². The number of imidazole rings is 1. The highest BCUT2D eigenvalue weighted by atomic mass is 19.1. The zero-order valence-electron chi connectivity index (χ0n) is 12.5. The van der Waals surface area contributed by atoms with Gasteiger partial charge in [-0.3, -0.25) is 9.59 Å². The Hall–Kier alpha value is -2.70. The fourth-order valence-corrected chi connectivity index (χ4v) is 2.69. The number of rotatable bonds is 2. The molecular weight excluding hydrogens is 287 g/mol. The van der Waals surface area contributed by atoms with Crippen LogP contribution in [0.3, 0.4) is 0 Å². The summed E-state index contributed by atoms with van der Waals surface area (Å²) in [5.41, 5.74) is 0.602. The molecule has 0 spiro atoms. The Kier molecular flexibility index (Phi) is 3.20. The first-order valence-electron chi connectivity index (χ1n) is 6.90. The molecule has 0 aliphatic carbocycles. The number of aryl methyl sites for hydroxylation is 2. The number of halogens is 1. The van der Waals surface area contributed by atoms with Crippen LogP contribution in [-0.4, -0.2) is 27.5 Å². The van der Waals surface area contributed by atoms with E-state index in [2.05, 4.69) is 15.3 Å². The van der Waals surface area contributed by atoms with Crippen LogP contribution in [0.15, 0.2) is 17.1 Å². The van der Waals surface area contributed by atoms with Crippen LogP contribution in [-0.2, 0) is 13.5 Å². The third kappa shape index (κ3) is 1.82. The van der Waals surface area contributed by atoms with E-state index in [-0.39, 0.29) is 10.9 Å². The van der Waals surface area contributed by atoms with Crippen LogP contribution in [0, 0.1) is 5.82 Å². The number of amides is 1. The minimum absolute atomic E-state index is 0.0552. The lowest BCUT2D eigenvalue weighted by molar-refractivity contribution is 0.0962. The molecule has 0 bridgehead atoms. The van der Waals surface area contributed by atoms with E-state index in [1.807, 2.05) is 6.92 Å². The van der Waals surface area contributed by atoms with Gasteiger partial charge in [0, 0.05) is 26.7 Å². The molecule has 7 heteroatoms. The lowest BCUT2D eigenvalue weighted by Crippen LogP contribution is -2.25. The Morgan fingerprint density at radius 2 is 2.23 bits per heavy atom. The van der Waals surface area contributed by atoms with E-state index in [0.29, 0.717) is 23.0 Å². The van der Waals surface area contributed by atoms with Crippen LogP contribution in [0.1, 0.15) is 23.1 Å². The number of fused-ring (bicyclic) bond motifs is 3. The molecule has 0 aliphatic rings. The summed E-state index contributed by atoms with van der Waals surface area (Å²) in [6.07, 6.45) is 1.98. The van der Waals surface area contributed by atoms with Crippen molar-refractivity contribution in [1.82, 2.24) is 19.9 Å². The van der Waals surface area contributed by atoms with Gasteiger partial charge in [-0.2, -0.15) is 0 Å². The molecule has 6 nitrogen and oxygen atoms in total. The predicted molar refractivity (Wildman–Crippen MR) is 81.6 cm³/mol. The molecular formula is C15H15FN4O2. The molecule has 0 unspecified atom stereocenters. The number of aromatic amines is 1. The highest BCUT2D eigenvalue weighted by Crippen LogP contribution is 2.25. The summed E-state index contributed by atoms with van der Waals surface area (Å²) in [6, 6.07) is 1.16. The lowest BCUT2D eigenvalue weighted by atomic mass is 10.1. The van der Waals surface area contributed by atoms with Crippen molar-refractivity contribution in [3.05, 3.63) is 39.7 Å². The molecule has 1 aromatic carbocycles. The molecule has 114 valence electrons. The third-order valence-corrected chi connectivity index (χ3v) is 3.83. The van der Waals surface area contributed by atoms with Gasteiger partial charge in [-0.1, -0.05) is 6.92 Å². The van der Waals surface area contributed by atoms with Gasteiger partial charge in [0.1, 0.15) is 28.2 Å². The van der Waals surface area contributed by atoms with Crippen molar-refractivity contribution in [2.24, 2.45) is 7.05 Å². The number of pyridine rings is 1. The normalized spacial score (nSPS) is 11.3. The predicted octanol–water partition coefficient (Wildman–Crippen LogP) is 1.48. The number of carbonyl (C=O) groups excluding carboxylic acids is 1. The molecule has 0 atom stereocenters. The van der Waals surface area contributed by atoms with E-state index in [9.17, 15) is 14.0 Å². The second-order valence-corrected chi connectivity index (χ2v) is 5.03. The number of nitrogens with one attached hydrogen (secondary N) is 2. The topological polar surface area (TPSA) is 79.8 Å². The smallest absolute Gasteiger partial charge is 0.256 e. The number of hydrogen-bond acceptors (Lipinski definition) is 3. The van der Waals surface area contributed by atoms with Crippen LogP contribution < -0.4 is 10.7 Å². The molecule has 2 aromatic heterocycles. The minimum Gasteiger partial charge on any atom is -0.358 e. The lowest BCUT2D eigenvalue weighted by Gasteiger charge is -2.05. The van der Waals surface area contributed by atoms with Crippen LogP contribution in [0.25, 0.3) is 21.9 Å². The van der Waals surface area contributed by atoms with Gasteiger partial charge in [0.05, 0.1) is 10.9 Å². The third-order valence-electron chi connectivity index (χ3n) is 3.83. The van der Waals surface area contributed by atoms with E-state index < -0.39 is 17.2 Å². The van der Waals surface area contributed by atoms with Crippen molar-refractivity contribution < 1.29 is 9.18 Å². The second kappa shape index (κ2) is 4.94. The fraction of sp³-hybridized carbons (Fsp3) is 0.267. The SMILES string of the molecule is CCc1nc2c3[nH]cc(C(=O)NC)c(=O)c3cc(F)c2n1C. The second-order valence-electron chi connectivity index (χ2n) is 5.03. The summed E-state index contributed by atoms with van der Waals surface area (Å²) in [4.78, 5) is 31.4. The van der Waals surface area contributed by atoms with Crippen molar-refractivity contribution in [2.75, 3.05) is 7.05 Å². The molecule has 0 saturated heterocycles. The van der Waals surface area contributed by atoms with E-state index in [1.165, 1.54) is 13.2 Å². The van der Waals surface area contributed by atoms with Crippen molar-refractivity contribution in [3.63, 3.8) is 0 Å². The molecule has 1 amide bonds. The van der Waals surface area contributed by atoms with Gasteiger partial charge in [-0.25, -0.2) is 9.37 Å². The monoisotopic (exact) mass is 302 g/mol. The van der Waals surface area contributed by atoms with Crippen molar-refractivity contribution in [3.8, 4) is 0 Å². The number of benzene rings is 1. The zero-order chi connectivity index (χ0) is 16.0. The fourth-order valence-electron chi connectivity index (χ4n) is 2.69. The van der Waals surface area contributed by atoms with Gasteiger partial charge < -0.3 is 14.9 Å². The Bertz CT molecular complexity index is 971. The molecule has 22 heavy (non-hydrogen) atoms. The van der Waals surface area contributed by atoms with Gasteiger partial charge in [-0.05, 0) is 6.07 Å². The van der Waals surface area contributed by atoms with E-state index in [0.717, 1.165) is 11.9 Å². The summed E-state index contributed by atoms with van der Waals surface area (Å²) in [7, 11) is 3.17. The van der Waals surface area contributed by atoms with Gasteiger partial charge >= 0.3 is 0 Å². The molecule has 0 aliphatic heterocycles. The molecule has 3 rings (SSSR count). The van der Waals surface area contributed by atoms with E-state index in [1.54, 1.807) is 11.6 Å². The number of carbonyl (C=O) groups is 1. The number of H-pyrrole nitrogens is 1. The van der Waals surface area contributed by atoms with Gasteiger partial charge in [0.25, 0.3) is 5.91 Å². The quantitative estimate of drug-likeness (QED) is 0.752. The first kappa shape index (κ1) is 14.2. The molecule has 2 heterocycles. The maximum atomic E-state index is 14.4. The van der Waals surface area contributed by atoms with Crippen molar-refractivity contribution in [2.45, 2.75) is 13.3 Å². The van der Waals surface area contributed by atoms with Crippen LogP contribution >= 0.6 is 0 Å². The maximum absolute atomic E-state index is 14.4. The number of aromatic nitrogens is 3. The number of hydrogen-bond donors (Lipinski definition) is 2. The Labute approximate surface area is 125 Å². The molecule has 0 fully saturated rings. The van der Waals surface area contributed by atoms with Gasteiger partial charge in [-0.15, -0.1) is 0 Å². The summed E-state index contributed by atoms with van der Waals surface area (Å²) < 4.78 is 16.1. The molecule has 0 radical (unpaired) electrons. The van der Waals surface area contributed by atoms with Crippen LogP contribution in [0.5, 0.6) is 0 Å². The minimum atomic E-state index is -0.531. The molecule has 3 aromatic rings. The van der Waals surface area contributed by atoms with Crippen molar-refractivity contribution >= 4 is 27.8 Å². The van der Waals surface area contributed by atoms with E-state index in [4.69, 9.17) is 0 Å². The average molecular weight is 302 g/mol. The zero-order valence-corrected chi connectivity index (χ0v) is 12.5. The maximum Gasteiger partial charge on any atom is 0.256 e. The standard InChI is InChI=1S/C15H15FN4O2/c1-4-10-19-12-11-7(5-9(16)13(12)20(10)3)14(21)8(6-18-11)15(22)17-2/h5-6H,4H2,1-3H3,(H,17,22)(H,18,21). The largest absolute Gasteiger partial charge is 0.358 e. The Morgan fingerprint density at radius 1 is 1.50 bits per heavy atom. The molecule has 2 N–H and O–H groups in total. The summed E-state index contributed by atoms with van der Waals surface area (Å²) in [6.45, 7) is 1.92. The highest BCUT2D eigenvalue weighted by Gasteiger charge is 2.19. The summed E-state index contributed by atoms with van der Waals surface area (Å²) in [5, 5.41) is 2.51. The van der Waals surface area contributed by atoms with Gasteiger partial charge in [0.2, 0.25) is 5.43 Å². The number of nitrogens with zero attached hydrogens (tertiary/aromatic N) is 2. The van der Waals surface area contributed by atoms with Crippen molar-refractivity contribution in [1.29, 1.82) is 0 Å². The van der Waals surface area contributed by atoms with Gasteiger partial charge in [0.15, 0.2) is 0 Å². The molecule has 0 saturated carbocycles. The summed E-state index contributed by atoms with van der Waals surface area (Å²) in [5.74, 6) is -0.326. The van der Waals surface area contributed by atoms with Crippen LogP contribution in [0.2, 0.25) is 0 Å². The first-order valence-corrected chi connectivity index (χ1v) is 6.90. The Balaban J connectivity index is 2.47. The first-order chi connectivity index (χ1) is 10.5. The highest BCUT2D eigenvalue weighted by molar-refractivity contribution is 6.05. The summed E-state index contributed by atoms with van der Waals surface area (Å²) >= 11 is 0.